The van der Waals surface area contributed by atoms with Gasteiger partial charge in [-0.25, -0.2) is 0 Å². The number of nitrogens with two attached hydrogens (primary N) is 1. The lowest BCUT2D eigenvalue weighted by molar-refractivity contribution is 0.652. The molecule has 0 unspecified atom stereocenters. The standard InChI is InChI=1S/C10H14N2/c11-9-6-5-8-3-1-2-4-10(8)12-7-9/h1-4,9,12H,5-7,11H2/t9-/m0/s1. The molecule has 1 aliphatic rings. The van der Waals surface area contributed by atoms with Crippen molar-refractivity contribution in [2.24, 2.45) is 5.73 Å². The molecule has 0 radical (unpaired) electrons. The molecule has 1 aliphatic heterocycles. The number of aryl methyl sites for hydroxylation is 1. The van der Waals surface area contributed by atoms with Crippen LogP contribution in [0.5, 0.6) is 0 Å². The molecule has 1 heterocycles. The Bertz CT molecular complexity index is 243. The Kier molecular flexibility index (Phi) is 2.00. The number of anilines is 1. The van der Waals surface area contributed by atoms with Crippen LogP contribution in [0.2, 0.25) is 0 Å². The van der Waals surface area contributed by atoms with E-state index in [1.807, 2.05) is 0 Å². The van der Waals surface area contributed by atoms with Crippen LogP contribution < -0.4 is 11.1 Å². The molecule has 0 aliphatic carbocycles. The van der Waals surface area contributed by atoms with Crippen LogP contribution in [0.4, 0.5) is 5.69 Å². The highest BCUT2D eigenvalue weighted by Crippen LogP contribution is 2.19. The topological polar surface area (TPSA) is 38.0 Å². The lowest BCUT2D eigenvalue weighted by Gasteiger charge is -2.07. The van der Waals surface area contributed by atoms with Gasteiger partial charge in [0.15, 0.2) is 0 Å². The SMILES string of the molecule is N[C@H]1CCc2ccccc2NC1. The molecule has 12 heavy (non-hydrogen) atoms. The summed E-state index contributed by atoms with van der Waals surface area (Å²) in [6.45, 7) is 0.900. The van der Waals surface area contributed by atoms with E-state index < -0.39 is 0 Å². The third-order valence-electron chi connectivity index (χ3n) is 2.36. The van der Waals surface area contributed by atoms with Crippen LogP contribution in [0.3, 0.4) is 0 Å². The Morgan fingerprint density at radius 3 is 3.08 bits per heavy atom. The molecule has 64 valence electrons. The van der Waals surface area contributed by atoms with Gasteiger partial charge in [-0.05, 0) is 24.5 Å². The van der Waals surface area contributed by atoms with Crippen molar-refractivity contribution in [2.45, 2.75) is 18.9 Å². The van der Waals surface area contributed by atoms with Crippen molar-refractivity contribution in [3.05, 3.63) is 29.8 Å². The van der Waals surface area contributed by atoms with Crippen LogP contribution in [0.15, 0.2) is 24.3 Å². The first-order valence-electron chi connectivity index (χ1n) is 4.43. The fourth-order valence-corrected chi connectivity index (χ4v) is 1.59. The number of hydrogen-bond acceptors (Lipinski definition) is 2. The van der Waals surface area contributed by atoms with Crippen molar-refractivity contribution in [3.8, 4) is 0 Å². The van der Waals surface area contributed by atoms with Gasteiger partial charge in [0.05, 0.1) is 0 Å². The van der Waals surface area contributed by atoms with Gasteiger partial charge in [-0.2, -0.15) is 0 Å². The van der Waals surface area contributed by atoms with Gasteiger partial charge in [-0.3, -0.25) is 0 Å². The summed E-state index contributed by atoms with van der Waals surface area (Å²) in [6.07, 6.45) is 2.19. The molecule has 2 rings (SSSR count). The summed E-state index contributed by atoms with van der Waals surface area (Å²) in [5.74, 6) is 0. The highest BCUT2D eigenvalue weighted by molar-refractivity contribution is 5.52. The minimum absolute atomic E-state index is 0.303. The van der Waals surface area contributed by atoms with Gasteiger partial charge in [0.25, 0.3) is 0 Å². The molecular formula is C10H14N2. The lowest BCUT2D eigenvalue weighted by Crippen LogP contribution is -2.27. The first kappa shape index (κ1) is 7.62. The van der Waals surface area contributed by atoms with Crippen LogP contribution >= 0.6 is 0 Å². The van der Waals surface area contributed by atoms with Gasteiger partial charge < -0.3 is 11.1 Å². The first-order chi connectivity index (χ1) is 5.86. The summed E-state index contributed by atoms with van der Waals surface area (Å²) < 4.78 is 0. The second kappa shape index (κ2) is 3.15. The summed E-state index contributed by atoms with van der Waals surface area (Å²) in [7, 11) is 0. The normalized spacial score (nSPS) is 22.2. The van der Waals surface area contributed by atoms with Gasteiger partial charge in [0.1, 0.15) is 0 Å². The summed E-state index contributed by atoms with van der Waals surface area (Å²) in [4.78, 5) is 0. The monoisotopic (exact) mass is 162 g/mol. The molecule has 0 fully saturated rings. The van der Waals surface area contributed by atoms with E-state index in [9.17, 15) is 0 Å². The Morgan fingerprint density at radius 1 is 1.33 bits per heavy atom. The van der Waals surface area contributed by atoms with Crippen molar-refractivity contribution >= 4 is 5.69 Å². The van der Waals surface area contributed by atoms with Gasteiger partial charge in [0.2, 0.25) is 0 Å². The van der Waals surface area contributed by atoms with E-state index in [-0.39, 0.29) is 0 Å². The Morgan fingerprint density at radius 2 is 2.17 bits per heavy atom. The molecule has 0 amide bonds. The molecular weight excluding hydrogens is 148 g/mol. The lowest BCUT2D eigenvalue weighted by atomic mass is 10.1. The number of fused-ring (bicyclic) bond motifs is 1. The smallest absolute Gasteiger partial charge is 0.0373 e. The van der Waals surface area contributed by atoms with E-state index in [0.717, 1.165) is 19.4 Å². The summed E-state index contributed by atoms with van der Waals surface area (Å²) in [5, 5.41) is 3.35. The van der Waals surface area contributed by atoms with E-state index in [4.69, 9.17) is 5.73 Å². The van der Waals surface area contributed by atoms with Crippen molar-refractivity contribution in [3.63, 3.8) is 0 Å². The fraction of sp³-hybridized carbons (Fsp3) is 0.400. The number of benzene rings is 1. The molecule has 0 saturated carbocycles. The largest absolute Gasteiger partial charge is 0.383 e. The maximum atomic E-state index is 5.85. The van der Waals surface area contributed by atoms with Crippen LogP contribution in [-0.4, -0.2) is 12.6 Å². The molecule has 0 aromatic heterocycles. The quantitative estimate of drug-likeness (QED) is 0.604. The Balaban J connectivity index is 2.26. The van der Waals surface area contributed by atoms with Crippen LogP contribution in [-0.2, 0) is 6.42 Å². The van der Waals surface area contributed by atoms with E-state index in [0.29, 0.717) is 6.04 Å². The Labute approximate surface area is 72.8 Å². The number of rotatable bonds is 0. The number of para-hydroxylation sites is 1. The maximum Gasteiger partial charge on any atom is 0.0373 e. The highest BCUT2D eigenvalue weighted by atomic mass is 14.9. The summed E-state index contributed by atoms with van der Waals surface area (Å²) in [6, 6.07) is 8.73. The van der Waals surface area contributed by atoms with E-state index in [1.165, 1.54) is 11.3 Å². The molecule has 0 saturated heterocycles. The maximum absolute atomic E-state index is 5.85. The zero-order chi connectivity index (χ0) is 8.39. The van der Waals surface area contributed by atoms with Crippen molar-refractivity contribution in [2.75, 3.05) is 11.9 Å². The third-order valence-corrected chi connectivity index (χ3v) is 2.36. The summed E-state index contributed by atoms with van der Waals surface area (Å²) in [5.41, 5.74) is 8.50. The fourth-order valence-electron chi connectivity index (χ4n) is 1.59. The predicted octanol–water partition coefficient (Wildman–Crippen LogP) is 1.37. The molecule has 1 aromatic carbocycles. The first-order valence-corrected chi connectivity index (χ1v) is 4.43. The molecule has 1 atom stereocenters. The zero-order valence-corrected chi connectivity index (χ0v) is 7.09. The van der Waals surface area contributed by atoms with Crippen molar-refractivity contribution in [1.29, 1.82) is 0 Å². The highest BCUT2D eigenvalue weighted by Gasteiger charge is 2.10. The van der Waals surface area contributed by atoms with Crippen molar-refractivity contribution < 1.29 is 0 Å². The predicted molar refractivity (Wildman–Crippen MR) is 51.2 cm³/mol. The minimum Gasteiger partial charge on any atom is -0.383 e. The van der Waals surface area contributed by atoms with Crippen LogP contribution in [0.1, 0.15) is 12.0 Å². The molecule has 2 heteroatoms. The molecule has 0 spiro atoms. The summed E-state index contributed by atoms with van der Waals surface area (Å²) >= 11 is 0. The van der Waals surface area contributed by atoms with Gasteiger partial charge in [0, 0.05) is 18.3 Å². The van der Waals surface area contributed by atoms with Crippen LogP contribution in [0, 0.1) is 0 Å². The number of hydrogen-bond donors (Lipinski definition) is 2. The average molecular weight is 162 g/mol. The minimum atomic E-state index is 0.303. The average Bonchev–Trinajstić information content (AvgIpc) is 2.29. The second-order valence-corrected chi connectivity index (χ2v) is 3.34. The number of nitrogens with one attached hydrogen (secondary N) is 1. The van der Waals surface area contributed by atoms with Crippen molar-refractivity contribution in [1.82, 2.24) is 0 Å². The zero-order valence-electron chi connectivity index (χ0n) is 7.09. The van der Waals surface area contributed by atoms with Crippen LogP contribution in [0.25, 0.3) is 0 Å². The Hall–Kier alpha value is -1.02. The van der Waals surface area contributed by atoms with E-state index in [2.05, 4.69) is 29.6 Å². The van der Waals surface area contributed by atoms with Gasteiger partial charge >= 0.3 is 0 Å². The molecule has 0 bridgehead atoms. The second-order valence-electron chi connectivity index (χ2n) is 3.34. The molecule has 1 aromatic rings. The van der Waals surface area contributed by atoms with E-state index in [1.54, 1.807) is 0 Å². The molecule has 3 N–H and O–H groups in total. The van der Waals surface area contributed by atoms with E-state index >= 15 is 0 Å². The van der Waals surface area contributed by atoms with Gasteiger partial charge in [-0.15, -0.1) is 0 Å². The molecule has 2 nitrogen and oxygen atoms in total. The third kappa shape index (κ3) is 1.43. The van der Waals surface area contributed by atoms with Gasteiger partial charge in [-0.1, -0.05) is 18.2 Å².